The van der Waals surface area contributed by atoms with E-state index in [1.165, 1.54) is 25.8 Å². The van der Waals surface area contributed by atoms with Gasteiger partial charge in [-0.15, -0.1) is 0 Å². The molecule has 1 N–H and O–H groups in total. The summed E-state index contributed by atoms with van der Waals surface area (Å²) >= 11 is 0. The van der Waals surface area contributed by atoms with Crippen molar-refractivity contribution in [1.82, 2.24) is 10.2 Å². The van der Waals surface area contributed by atoms with Gasteiger partial charge in [-0.25, -0.2) is 0 Å². The van der Waals surface area contributed by atoms with Crippen molar-refractivity contribution in [3.8, 4) is 0 Å². The van der Waals surface area contributed by atoms with Gasteiger partial charge >= 0.3 is 0 Å². The lowest BCUT2D eigenvalue weighted by Crippen LogP contribution is -2.49. The average molecular weight is 170 g/mol. The second-order valence-corrected chi connectivity index (χ2v) is 3.89. The molecule has 0 aromatic heterocycles. The molecule has 1 fully saturated rings. The summed E-state index contributed by atoms with van der Waals surface area (Å²) in [6, 6.07) is 1.42. The summed E-state index contributed by atoms with van der Waals surface area (Å²) in [5.74, 6) is 0. The summed E-state index contributed by atoms with van der Waals surface area (Å²) in [6.07, 6.45) is 4.15. The predicted molar refractivity (Wildman–Crippen MR) is 53.4 cm³/mol. The van der Waals surface area contributed by atoms with Crippen molar-refractivity contribution in [2.75, 3.05) is 20.1 Å². The van der Waals surface area contributed by atoms with E-state index < -0.39 is 0 Å². The molecule has 12 heavy (non-hydrogen) atoms. The van der Waals surface area contributed by atoms with Crippen LogP contribution in [0.4, 0.5) is 0 Å². The highest BCUT2D eigenvalue weighted by molar-refractivity contribution is 4.82. The molecule has 0 bridgehead atoms. The summed E-state index contributed by atoms with van der Waals surface area (Å²) in [6.45, 7) is 6.85. The van der Waals surface area contributed by atoms with Crippen molar-refractivity contribution >= 4 is 0 Å². The third-order valence-corrected chi connectivity index (χ3v) is 2.93. The maximum Gasteiger partial charge on any atom is 0.0243 e. The molecule has 0 aromatic carbocycles. The maximum absolute atomic E-state index is 3.50. The van der Waals surface area contributed by atoms with E-state index in [1.54, 1.807) is 0 Å². The van der Waals surface area contributed by atoms with E-state index in [1.807, 2.05) is 0 Å². The fourth-order valence-electron chi connectivity index (χ4n) is 2.19. The third kappa shape index (κ3) is 2.46. The molecule has 1 aliphatic rings. The minimum absolute atomic E-state index is 0.653. The molecule has 2 nitrogen and oxygen atoms in total. The van der Waals surface area contributed by atoms with Gasteiger partial charge in [-0.3, -0.25) is 0 Å². The van der Waals surface area contributed by atoms with Gasteiger partial charge in [-0.2, -0.15) is 0 Å². The first kappa shape index (κ1) is 10.0. The average Bonchev–Trinajstić information content (AvgIpc) is 2.05. The largest absolute Gasteiger partial charge is 0.313 e. The number of piperidine rings is 1. The van der Waals surface area contributed by atoms with Crippen LogP contribution in [0.3, 0.4) is 0 Å². The topological polar surface area (TPSA) is 15.3 Å². The minimum atomic E-state index is 0.653. The smallest absolute Gasteiger partial charge is 0.0243 e. The third-order valence-electron chi connectivity index (χ3n) is 2.93. The highest BCUT2D eigenvalue weighted by Gasteiger charge is 2.23. The molecule has 2 atom stereocenters. The Morgan fingerprint density at radius 2 is 2.25 bits per heavy atom. The highest BCUT2D eigenvalue weighted by Crippen LogP contribution is 2.17. The van der Waals surface area contributed by atoms with E-state index in [0.29, 0.717) is 6.04 Å². The van der Waals surface area contributed by atoms with Crippen LogP contribution in [-0.4, -0.2) is 37.1 Å². The van der Waals surface area contributed by atoms with Crippen molar-refractivity contribution < 1.29 is 0 Å². The van der Waals surface area contributed by atoms with Gasteiger partial charge < -0.3 is 10.2 Å². The van der Waals surface area contributed by atoms with Gasteiger partial charge in [0.1, 0.15) is 0 Å². The molecule has 0 spiro atoms. The van der Waals surface area contributed by atoms with Gasteiger partial charge in [-0.05, 0) is 39.9 Å². The van der Waals surface area contributed by atoms with E-state index in [0.717, 1.165) is 12.6 Å². The van der Waals surface area contributed by atoms with E-state index in [4.69, 9.17) is 0 Å². The molecular weight excluding hydrogens is 148 g/mol. The Morgan fingerprint density at radius 3 is 2.83 bits per heavy atom. The summed E-state index contributed by atoms with van der Waals surface area (Å²) in [5, 5.41) is 3.50. The lowest BCUT2D eigenvalue weighted by Gasteiger charge is -2.36. The van der Waals surface area contributed by atoms with Crippen molar-refractivity contribution in [2.24, 2.45) is 0 Å². The van der Waals surface area contributed by atoms with Crippen LogP contribution in [0.25, 0.3) is 0 Å². The second kappa shape index (κ2) is 4.83. The Hall–Kier alpha value is -0.0800. The fourth-order valence-corrected chi connectivity index (χ4v) is 2.19. The Morgan fingerprint density at radius 1 is 1.50 bits per heavy atom. The number of hydrogen-bond donors (Lipinski definition) is 1. The monoisotopic (exact) mass is 170 g/mol. The Kier molecular flexibility index (Phi) is 4.02. The van der Waals surface area contributed by atoms with Gasteiger partial charge in [0.25, 0.3) is 0 Å². The first-order valence-electron chi connectivity index (χ1n) is 5.19. The highest BCUT2D eigenvalue weighted by atomic mass is 15.2. The Balaban J connectivity index is 2.36. The number of likely N-dealkylation sites (tertiary alicyclic amines) is 1. The molecule has 1 saturated heterocycles. The minimum Gasteiger partial charge on any atom is -0.313 e. The molecule has 1 heterocycles. The number of nitrogens with one attached hydrogen (secondary N) is 1. The normalized spacial score (nSPS) is 28.8. The molecule has 0 radical (unpaired) electrons. The lowest BCUT2D eigenvalue weighted by atomic mass is 9.97. The van der Waals surface area contributed by atoms with Gasteiger partial charge in [0.15, 0.2) is 0 Å². The zero-order valence-corrected chi connectivity index (χ0v) is 8.64. The molecule has 1 aliphatic heterocycles. The van der Waals surface area contributed by atoms with Crippen LogP contribution in [0.15, 0.2) is 0 Å². The first-order chi connectivity index (χ1) is 5.75. The zero-order valence-electron chi connectivity index (χ0n) is 8.64. The number of likely N-dealkylation sites (N-methyl/N-ethyl adjacent to an activating group) is 2. The van der Waals surface area contributed by atoms with Gasteiger partial charge in [0.2, 0.25) is 0 Å². The van der Waals surface area contributed by atoms with Crippen LogP contribution >= 0.6 is 0 Å². The Bertz CT molecular complexity index is 125. The molecule has 72 valence electrons. The molecule has 0 amide bonds. The first-order valence-corrected chi connectivity index (χ1v) is 5.19. The quantitative estimate of drug-likeness (QED) is 0.690. The summed E-state index contributed by atoms with van der Waals surface area (Å²) in [7, 11) is 2.25. The van der Waals surface area contributed by atoms with Crippen LogP contribution in [0.5, 0.6) is 0 Å². The standard InChI is InChI=1S/C10H22N2/c1-4-11-9(2)10-7-5-6-8-12(10)3/h9-11H,4-8H2,1-3H3. The van der Waals surface area contributed by atoms with Gasteiger partial charge in [0.05, 0.1) is 0 Å². The zero-order chi connectivity index (χ0) is 8.97. The van der Waals surface area contributed by atoms with Gasteiger partial charge in [-0.1, -0.05) is 13.3 Å². The summed E-state index contributed by atoms with van der Waals surface area (Å²) in [4.78, 5) is 2.50. The van der Waals surface area contributed by atoms with Crippen LogP contribution in [0, 0.1) is 0 Å². The summed E-state index contributed by atoms with van der Waals surface area (Å²) < 4.78 is 0. The van der Waals surface area contributed by atoms with E-state index >= 15 is 0 Å². The molecule has 1 rings (SSSR count). The Labute approximate surface area is 76.3 Å². The molecule has 2 unspecified atom stereocenters. The van der Waals surface area contributed by atoms with Gasteiger partial charge in [0, 0.05) is 12.1 Å². The fraction of sp³-hybridized carbons (Fsp3) is 1.00. The van der Waals surface area contributed by atoms with Crippen LogP contribution in [0.1, 0.15) is 33.1 Å². The second-order valence-electron chi connectivity index (χ2n) is 3.89. The van der Waals surface area contributed by atoms with Crippen molar-refractivity contribution in [3.63, 3.8) is 0 Å². The van der Waals surface area contributed by atoms with E-state index in [9.17, 15) is 0 Å². The SMILES string of the molecule is CCNC(C)C1CCCCN1C. The van der Waals surface area contributed by atoms with Crippen LogP contribution in [0.2, 0.25) is 0 Å². The van der Waals surface area contributed by atoms with E-state index in [-0.39, 0.29) is 0 Å². The van der Waals surface area contributed by atoms with Crippen LogP contribution < -0.4 is 5.32 Å². The van der Waals surface area contributed by atoms with E-state index in [2.05, 4.69) is 31.1 Å². The number of hydrogen-bond acceptors (Lipinski definition) is 2. The molecule has 2 heteroatoms. The predicted octanol–water partition coefficient (Wildman–Crippen LogP) is 1.47. The number of nitrogens with zero attached hydrogens (tertiary/aromatic N) is 1. The maximum atomic E-state index is 3.50. The van der Waals surface area contributed by atoms with Crippen LogP contribution in [-0.2, 0) is 0 Å². The van der Waals surface area contributed by atoms with Crippen molar-refractivity contribution in [1.29, 1.82) is 0 Å². The molecular formula is C10H22N2. The molecule has 0 aliphatic carbocycles. The number of rotatable bonds is 3. The van der Waals surface area contributed by atoms with Crippen molar-refractivity contribution in [3.05, 3.63) is 0 Å². The lowest BCUT2D eigenvalue weighted by molar-refractivity contribution is 0.152. The summed E-state index contributed by atoms with van der Waals surface area (Å²) in [5.41, 5.74) is 0. The molecule has 0 saturated carbocycles. The van der Waals surface area contributed by atoms with Crippen molar-refractivity contribution in [2.45, 2.75) is 45.2 Å². The molecule has 0 aromatic rings.